The fourth-order valence-electron chi connectivity index (χ4n) is 4.81. The third-order valence-electron chi connectivity index (χ3n) is 6.32. The molecule has 1 aliphatic carbocycles. The normalized spacial score (nSPS) is 17.1. The predicted octanol–water partition coefficient (Wildman–Crippen LogP) is 7.42. The van der Waals surface area contributed by atoms with Gasteiger partial charge in [0.25, 0.3) is 0 Å². The van der Waals surface area contributed by atoms with Gasteiger partial charge in [0, 0.05) is 22.9 Å². The molecule has 0 N–H and O–H groups in total. The summed E-state index contributed by atoms with van der Waals surface area (Å²) in [7, 11) is 0. The maximum Gasteiger partial charge on any atom is 0.0257 e. The van der Waals surface area contributed by atoms with Gasteiger partial charge in [0.2, 0.25) is 0 Å². The monoisotopic (exact) mass is 402 g/mol. The highest BCUT2D eigenvalue weighted by atomic mass is 15.1. The number of aryl methyl sites for hydroxylation is 1. The summed E-state index contributed by atoms with van der Waals surface area (Å²) < 4.78 is 0. The molecule has 0 bridgehead atoms. The van der Waals surface area contributed by atoms with Gasteiger partial charge in [-0.1, -0.05) is 71.6 Å². The van der Waals surface area contributed by atoms with Gasteiger partial charge in [-0.3, -0.25) is 0 Å². The number of rotatable bonds is 12. The minimum absolute atomic E-state index is 0.189. The molecular weight excluding hydrogens is 372 g/mol. The van der Waals surface area contributed by atoms with Crippen LogP contribution in [0.4, 0.5) is 0 Å². The molecule has 3 rings (SSSR count). The number of fused-ring (bicyclic) bond motifs is 1. The molecule has 0 atom stereocenters. The standard InChI is InChI=1S/C24H30N6/c25-29-27-16-6-4-13-24(14-5-7-17-28-30-26)15-12-22-11-10-21(19-23(22)24)18-20-8-2-1-3-9-20/h1-3,8-11,19H,4-7,12-18H2. The average Bonchev–Trinajstić information content (AvgIpc) is 3.12. The zero-order chi connectivity index (χ0) is 21.1. The SMILES string of the molecule is [N-]=[N+]=NCCCCC1(CCCCN=[N+]=[N-])CCc2ccc(Cc3ccccc3)cc21. The molecule has 0 fully saturated rings. The minimum Gasteiger partial charge on any atom is -0.0940 e. The van der Waals surface area contributed by atoms with Crippen LogP contribution < -0.4 is 0 Å². The number of azide groups is 2. The average molecular weight is 403 g/mol. The molecule has 6 nitrogen and oxygen atoms in total. The second-order valence-corrected chi connectivity index (χ2v) is 8.26. The Morgan fingerprint density at radius 1 is 0.800 bits per heavy atom. The lowest BCUT2D eigenvalue weighted by Crippen LogP contribution is -2.23. The minimum atomic E-state index is 0.189. The van der Waals surface area contributed by atoms with Gasteiger partial charge in [0.1, 0.15) is 0 Å². The van der Waals surface area contributed by atoms with Crippen molar-refractivity contribution < 1.29 is 0 Å². The van der Waals surface area contributed by atoms with Crippen LogP contribution in [0, 0.1) is 0 Å². The van der Waals surface area contributed by atoms with Crippen molar-refractivity contribution in [2.75, 3.05) is 13.1 Å². The molecule has 1 aliphatic rings. The maximum atomic E-state index is 8.52. The van der Waals surface area contributed by atoms with E-state index in [-0.39, 0.29) is 5.41 Å². The number of hydrogen-bond acceptors (Lipinski definition) is 2. The Hall–Kier alpha value is -2.94. The summed E-state index contributed by atoms with van der Waals surface area (Å²) in [5.41, 5.74) is 22.9. The van der Waals surface area contributed by atoms with Gasteiger partial charge < -0.3 is 0 Å². The molecule has 156 valence electrons. The summed E-state index contributed by atoms with van der Waals surface area (Å²) >= 11 is 0. The van der Waals surface area contributed by atoms with Gasteiger partial charge in [-0.25, -0.2) is 0 Å². The summed E-state index contributed by atoms with van der Waals surface area (Å²) in [6.07, 6.45) is 9.52. The quantitative estimate of drug-likeness (QED) is 0.153. The fourth-order valence-corrected chi connectivity index (χ4v) is 4.81. The zero-order valence-corrected chi connectivity index (χ0v) is 17.6. The summed E-state index contributed by atoms with van der Waals surface area (Å²) in [5.74, 6) is 0. The molecule has 0 aliphatic heterocycles. The lowest BCUT2D eigenvalue weighted by atomic mass is 9.73. The Balaban J connectivity index is 1.77. The smallest absolute Gasteiger partial charge is 0.0257 e. The molecule has 0 radical (unpaired) electrons. The summed E-state index contributed by atoms with van der Waals surface area (Å²) in [4.78, 5) is 5.75. The molecule has 2 aromatic carbocycles. The molecule has 0 saturated heterocycles. The van der Waals surface area contributed by atoms with E-state index < -0.39 is 0 Å². The third kappa shape index (κ3) is 5.79. The summed E-state index contributed by atoms with van der Waals surface area (Å²) in [6, 6.07) is 17.7. The van der Waals surface area contributed by atoms with Gasteiger partial charge >= 0.3 is 0 Å². The third-order valence-corrected chi connectivity index (χ3v) is 6.32. The van der Waals surface area contributed by atoms with Gasteiger partial charge in [0.05, 0.1) is 0 Å². The highest BCUT2D eigenvalue weighted by Crippen LogP contribution is 2.46. The van der Waals surface area contributed by atoms with Crippen LogP contribution in [0.2, 0.25) is 0 Å². The summed E-state index contributed by atoms with van der Waals surface area (Å²) in [5, 5.41) is 7.39. The van der Waals surface area contributed by atoms with Crippen molar-refractivity contribution in [2.24, 2.45) is 10.2 Å². The predicted molar refractivity (Wildman–Crippen MR) is 121 cm³/mol. The lowest BCUT2D eigenvalue weighted by molar-refractivity contribution is 0.337. The van der Waals surface area contributed by atoms with E-state index in [9.17, 15) is 0 Å². The molecule has 0 unspecified atom stereocenters. The zero-order valence-electron chi connectivity index (χ0n) is 17.6. The Labute approximate surface area is 178 Å². The van der Waals surface area contributed by atoms with Crippen molar-refractivity contribution in [2.45, 2.75) is 63.2 Å². The van der Waals surface area contributed by atoms with Gasteiger partial charge in [-0.15, -0.1) is 0 Å². The van der Waals surface area contributed by atoms with E-state index in [1.807, 2.05) is 0 Å². The van der Waals surface area contributed by atoms with Crippen LogP contribution in [0.5, 0.6) is 0 Å². The molecule has 6 heteroatoms. The van der Waals surface area contributed by atoms with Crippen molar-refractivity contribution in [3.05, 3.63) is 91.7 Å². The van der Waals surface area contributed by atoms with E-state index in [4.69, 9.17) is 11.1 Å². The van der Waals surface area contributed by atoms with Crippen LogP contribution in [-0.4, -0.2) is 13.1 Å². The van der Waals surface area contributed by atoms with Crippen molar-refractivity contribution in [1.29, 1.82) is 0 Å². The fraction of sp³-hybridized carbons (Fsp3) is 0.500. The van der Waals surface area contributed by atoms with Crippen molar-refractivity contribution in [3.8, 4) is 0 Å². The first-order valence-corrected chi connectivity index (χ1v) is 11.0. The van der Waals surface area contributed by atoms with Crippen LogP contribution >= 0.6 is 0 Å². The largest absolute Gasteiger partial charge is 0.0940 e. The number of unbranched alkanes of at least 4 members (excludes halogenated alkanes) is 2. The number of benzene rings is 2. The second kappa shape index (κ2) is 11.3. The van der Waals surface area contributed by atoms with Crippen molar-refractivity contribution >= 4 is 0 Å². The van der Waals surface area contributed by atoms with Crippen LogP contribution in [0.1, 0.15) is 67.2 Å². The van der Waals surface area contributed by atoms with Gasteiger partial charge in [-0.2, -0.15) is 0 Å². The first kappa shape index (κ1) is 21.8. The van der Waals surface area contributed by atoms with Crippen molar-refractivity contribution in [3.63, 3.8) is 0 Å². The number of nitrogens with zero attached hydrogens (tertiary/aromatic N) is 6. The molecule has 0 spiro atoms. The molecule has 0 heterocycles. The molecule has 2 aromatic rings. The topological polar surface area (TPSA) is 97.5 Å². The molecule has 0 aromatic heterocycles. The van der Waals surface area contributed by atoms with Crippen LogP contribution in [-0.2, 0) is 18.3 Å². The van der Waals surface area contributed by atoms with E-state index in [1.165, 1.54) is 28.7 Å². The van der Waals surface area contributed by atoms with Gasteiger partial charge in [-0.05, 0) is 83.7 Å². The number of hydrogen-bond donors (Lipinski definition) is 0. The Kier molecular flexibility index (Phi) is 8.20. The molecule has 0 amide bonds. The van der Waals surface area contributed by atoms with Crippen LogP contribution in [0.25, 0.3) is 20.9 Å². The Morgan fingerprint density at radius 2 is 1.47 bits per heavy atom. The Bertz CT molecular complexity index is 885. The highest BCUT2D eigenvalue weighted by Gasteiger charge is 2.37. The molecule has 30 heavy (non-hydrogen) atoms. The molecular formula is C24H30N6. The van der Waals surface area contributed by atoms with Crippen LogP contribution in [0.3, 0.4) is 0 Å². The first-order valence-electron chi connectivity index (χ1n) is 11.0. The Morgan fingerprint density at radius 3 is 2.10 bits per heavy atom. The van der Waals surface area contributed by atoms with E-state index in [0.717, 1.165) is 51.4 Å². The molecule has 0 saturated carbocycles. The van der Waals surface area contributed by atoms with Crippen molar-refractivity contribution in [1.82, 2.24) is 0 Å². The van der Waals surface area contributed by atoms with Gasteiger partial charge in [0.15, 0.2) is 0 Å². The lowest BCUT2D eigenvalue weighted by Gasteiger charge is -2.31. The highest BCUT2D eigenvalue weighted by molar-refractivity contribution is 5.43. The van der Waals surface area contributed by atoms with E-state index in [1.54, 1.807) is 0 Å². The van der Waals surface area contributed by atoms with Crippen LogP contribution in [0.15, 0.2) is 58.8 Å². The summed E-state index contributed by atoms with van der Waals surface area (Å²) in [6.45, 7) is 1.15. The van der Waals surface area contributed by atoms with E-state index in [0.29, 0.717) is 13.1 Å². The first-order chi connectivity index (χ1) is 14.8. The second-order valence-electron chi connectivity index (χ2n) is 8.26. The maximum absolute atomic E-state index is 8.52. The van der Waals surface area contributed by atoms with E-state index >= 15 is 0 Å². The van der Waals surface area contributed by atoms with E-state index in [2.05, 4.69) is 68.6 Å².